The van der Waals surface area contributed by atoms with Gasteiger partial charge in [0.2, 0.25) is 0 Å². The molecule has 0 radical (unpaired) electrons. The van der Waals surface area contributed by atoms with E-state index in [4.69, 9.17) is 9.47 Å². The predicted octanol–water partition coefficient (Wildman–Crippen LogP) is 4.59. The maximum atomic E-state index is 11.7. The lowest BCUT2D eigenvalue weighted by Crippen LogP contribution is -2.27. The van der Waals surface area contributed by atoms with Crippen molar-refractivity contribution >= 4 is 47.1 Å². The molecule has 154 valence electrons. The van der Waals surface area contributed by atoms with Crippen LogP contribution in [-0.4, -0.2) is 35.1 Å². The minimum atomic E-state index is -0.423. The number of ether oxygens (including phenoxy) is 2. The summed E-state index contributed by atoms with van der Waals surface area (Å²) in [6, 6.07) is 15.8. The van der Waals surface area contributed by atoms with Crippen molar-refractivity contribution in [1.29, 1.82) is 0 Å². The zero-order chi connectivity index (χ0) is 20.5. The first-order chi connectivity index (χ1) is 14.2. The molecule has 8 heteroatoms. The lowest BCUT2D eigenvalue weighted by molar-refractivity contribution is 0.153. The molecule has 0 unspecified atom stereocenters. The standard InChI is InChI=1S/C21H23IN2O4S/c22-29-11-10-27-21(26)23-9-8-17-18-12-16(6-7-19(18)24-20(17)13-25)28-14-15-4-2-1-3-5-15/h1-7,12,24-25H,8-11,13-14H2,(H,23,26). The van der Waals surface area contributed by atoms with Gasteiger partial charge in [0.05, 0.1) is 6.61 Å². The third-order valence-corrected chi connectivity index (χ3v) is 6.05. The number of halogens is 1. The largest absolute Gasteiger partial charge is 0.489 e. The van der Waals surface area contributed by atoms with Crippen LogP contribution in [0.25, 0.3) is 10.9 Å². The highest BCUT2D eigenvalue weighted by Crippen LogP contribution is 2.27. The van der Waals surface area contributed by atoms with E-state index >= 15 is 0 Å². The number of aromatic nitrogens is 1. The molecule has 0 aliphatic heterocycles. The molecule has 29 heavy (non-hydrogen) atoms. The van der Waals surface area contributed by atoms with Crippen molar-refractivity contribution in [2.24, 2.45) is 0 Å². The molecular formula is C21H23IN2O4S. The maximum Gasteiger partial charge on any atom is 0.407 e. The van der Waals surface area contributed by atoms with E-state index < -0.39 is 6.09 Å². The number of aliphatic hydroxyl groups is 1. The monoisotopic (exact) mass is 526 g/mol. The number of carbonyl (C=O) groups excluding carboxylic acids is 1. The quantitative estimate of drug-likeness (QED) is 0.266. The maximum absolute atomic E-state index is 11.7. The van der Waals surface area contributed by atoms with Crippen LogP contribution in [0.4, 0.5) is 4.79 Å². The topological polar surface area (TPSA) is 83.6 Å². The highest BCUT2D eigenvalue weighted by Gasteiger charge is 2.13. The zero-order valence-electron chi connectivity index (χ0n) is 15.8. The van der Waals surface area contributed by atoms with Crippen LogP contribution in [-0.2, 0) is 24.4 Å². The Morgan fingerprint density at radius 3 is 2.79 bits per heavy atom. The number of amides is 1. The molecule has 1 amide bonds. The number of hydrogen-bond donors (Lipinski definition) is 3. The number of nitrogens with one attached hydrogen (secondary N) is 2. The van der Waals surface area contributed by atoms with Gasteiger partial charge in [-0.2, -0.15) is 0 Å². The average Bonchev–Trinajstić information content (AvgIpc) is 3.10. The van der Waals surface area contributed by atoms with Gasteiger partial charge in [-0.15, -0.1) is 0 Å². The van der Waals surface area contributed by atoms with Gasteiger partial charge >= 0.3 is 6.09 Å². The summed E-state index contributed by atoms with van der Waals surface area (Å²) in [4.78, 5) is 15.0. The predicted molar refractivity (Wildman–Crippen MR) is 125 cm³/mol. The lowest BCUT2D eigenvalue weighted by atomic mass is 10.1. The summed E-state index contributed by atoms with van der Waals surface area (Å²) >= 11 is 2.16. The van der Waals surface area contributed by atoms with E-state index in [2.05, 4.69) is 31.5 Å². The van der Waals surface area contributed by atoms with E-state index in [1.165, 1.54) is 0 Å². The van der Waals surface area contributed by atoms with Crippen molar-refractivity contribution in [3.63, 3.8) is 0 Å². The Labute approximate surface area is 185 Å². The first kappa shape index (κ1) is 21.8. The van der Waals surface area contributed by atoms with Gasteiger partial charge in [0.15, 0.2) is 0 Å². The molecule has 0 saturated heterocycles. The first-order valence-corrected chi connectivity index (χ1v) is 12.8. The molecule has 6 nitrogen and oxygen atoms in total. The van der Waals surface area contributed by atoms with Gasteiger partial charge < -0.3 is 24.9 Å². The molecule has 0 bridgehead atoms. The number of aromatic amines is 1. The van der Waals surface area contributed by atoms with Crippen LogP contribution < -0.4 is 10.1 Å². The highest BCUT2D eigenvalue weighted by atomic mass is 127. The number of hydrogen-bond acceptors (Lipinski definition) is 5. The Hall–Kier alpha value is -1.91. The Kier molecular flexibility index (Phi) is 8.51. The third kappa shape index (κ3) is 6.28. The Balaban J connectivity index is 1.66. The fourth-order valence-electron chi connectivity index (χ4n) is 3.04. The van der Waals surface area contributed by atoms with E-state index in [0.717, 1.165) is 39.2 Å². The Bertz CT molecular complexity index is 933. The number of carbonyl (C=O) groups is 1. The molecule has 0 atom stereocenters. The van der Waals surface area contributed by atoms with Crippen LogP contribution in [0.1, 0.15) is 16.8 Å². The summed E-state index contributed by atoms with van der Waals surface area (Å²) in [5, 5.41) is 13.5. The van der Waals surface area contributed by atoms with E-state index in [1.807, 2.05) is 48.5 Å². The molecule has 0 aliphatic rings. The second-order valence-electron chi connectivity index (χ2n) is 6.35. The Morgan fingerprint density at radius 1 is 1.21 bits per heavy atom. The number of alkyl carbamates (subject to hydrolysis) is 1. The number of H-pyrrole nitrogens is 1. The molecule has 2 aromatic carbocycles. The summed E-state index contributed by atoms with van der Waals surface area (Å²) in [5.74, 6) is 1.52. The van der Waals surface area contributed by atoms with Crippen LogP contribution in [0, 0.1) is 0 Å². The van der Waals surface area contributed by atoms with Gasteiger partial charge in [-0.3, -0.25) is 0 Å². The number of aliphatic hydroxyl groups excluding tert-OH is 1. The molecule has 3 aromatic rings. The molecule has 1 aromatic heterocycles. The molecule has 0 aliphatic carbocycles. The van der Waals surface area contributed by atoms with Crippen LogP contribution >= 0.6 is 30.1 Å². The van der Waals surface area contributed by atoms with Crippen LogP contribution in [0.5, 0.6) is 5.75 Å². The van der Waals surface area contributed by atoms with Crippen LogP contribution in [0.3, 0.4) is 0 Å². The van der Waals surface area contributed by atoms with Crippen molar-refractivity contribution in [2.75, 3.05) is 18.9 Å². The highest BCUT2D eigenvalue weighted by molar-refractivity contribution is 14.2. The second-order valence-corrected chi connectivity index (χ2v) is 8.84. The molecule has 1 heterocycles. The Morgan fingerprint density at radius 2 is 2.03 bits per heavy atom. The minimum absolute atomic E-state index is 0.0957. The van der Waals surface area contributed by atoms with E-state index in [0.29, 0.717) is 26.2 Å². The van der Waals surface area contributed by atoms with Crippen LogP contribution in [0.2, 0.25) is 0 Å². The average molecular weight is 526 g/mol. The van der Waals surface area contributed by atoms with Gasteiger partial charge in [-0.1, -0.05) is 39.3 Å². The molecule has 0 saturated carbocycles. The van der Waals surface area contributed by atoms with Gasteiger partial charge in [0.1, 0.15) is 19.0 Å². The van der Waals surface area contributed by atoms with Crippen molar-refractivity contribution in [3.05, 3.63) is 65.4 Å². The zero-order valence-corrected chi connectivity index (χ0v) is 18.8. The molecule has 0 spiro atoms. The van der Waals surface area contributed by atoms with Gasteiger partial charge in [-0.05, 0) is 57.0 Å². The normalized spacial score (nSPS) is 10.8. The van der Waals surface area contributed by atoms with Gasteiger partial charge in [0, 0.05) is 28.9 Å². The second kappa shape index (κ2) is 11.3. The SMILES string of the molecule is O=C(NCCc1c(CO)[nH]c2ccc(OCc3ccccc3)cc12)OCCSI. The van der Waals surface area contributed by atoms with E-state index in [1.54, 1.807) is 8.93 Å². The minimum Gasteiger partial charge on any atom is -0.489 e. The molecule has 3 rings (SSSR count). The number of fused-ring (bicyclic) bond motifs is 1. The van der Waals surface area contributed by atoms with E-state index in [9.17, 15) is 9.90 Å². The summed E-state index contributed by atoms with van der Waals surface area (Å²) in [7, 11) is 1.60. The third-order valence-electron chi connectivity index (χ3n) is 4.41. The van der Waals surface area contributed by atoms with Crippen molar-refractivity contribution in [1.82, 2.24) is 10.3 Å². The first-order valence-electron chi connectivity index (χ1n) is 9.26. The molecular weight excluding hydrogens is 503 g/mol. The fourth-order valence-corrected chi connectivity index (χ4v) is 3.73. The van der Waals surface area contributed by atoms with Crippen molar-refractivity contribution < 1.29 is 19.4 Å². The summed E-state index contributed by atoms with van der Waals surface area (Å²) in [6.45, 7) is 1.20. The fraction of sp³-hybridized carbons (Fsp3) is 0.286. The molecule has 3 N–H and O–H groups in total. The van der Waals surface area contributed by atoms with Crippen LogP contribution in [0.15, 0.2) is 48.5 Å². The summed E-state index contributed by atoms with van der Waals surface area (Å²) < 4.78 is 11.0. The number of rotatable bonds is 10. The van der Waals surface area contributed by atoms with Gasteiger partial charge in [-0.25, -0.2) is 4.79 Å². The summed E-state index contributed by atoms with van der Waals surface area (Å²) in [6.07, 6.45) is 0.154. The molecule has 0 fully saturated rings. The smallest absolute Gasteiger partial charge is 0.407 e. The lowest BCUT2D eigenvalue weighted by Gasteiger charge is -2.08. The number of benzene rings is 2. The summed E-state index contributed by atoms with van der Waals surface area (Å²) in [5.41, 5.74) is 3.74. The van der Waals surface area contributed by atoms with Crippen molar-refractivity contribution in [3.8, 4) is 5.75 Å². The van der Waals surface area contributed by atoms with Crippen molar-refractivity contribution in [2.45, 2.75) is 19.6 Å². The van der Waals surface area contributed by atoms with Gasteiger partial charge in [0.25, 0.3) is 0 Å². The van der Waals surface area contributed by atoms with E-state index in [-0.39, 0.29) is 6.61 Å².